The van der Waals surface area contributed by atoms with E-state index in [4.69, 9.17) is 5.73 Å². The zero-order valence-corrected chi connectivity index (χ0v) is 13.1. The fourth-order valence-corrected chi connectivity index (χ4v) is 2.63. The van der Waals surface area contributed by atoms with Gasteiger partial charge in [-0.3, -0.25) is 0 Å². The van der Waals surface area contributed by atoms with Crippen LogP contribution in [0, 0.1) is 6.92 Å². The van der Waals surface area contributed by atoms with Gasteiger partial charge in [-0.05, 0) is 26.1 Å². The van der Waals surface area contributed by atoms with Gasteiger partial charge in [0.1, 0.15) is 11.6 Å². The predicted octanol–water partition coefficient (Wildman–Crippen LogP) is 1.86. The molecule has 2 aromatic rings. The van der Waals surface area contributed by atoms with Gasteiger partial charge in [0.2, 0.25) is 5.95 Å². The summed E-state index contributed by atoms with van der Waals surface area (Å²) in [4.78, 5) is 13.4. The van der Waals surface area contributed by atoms with Gasteiger partial charge in [0.15, 0.2) is 0 Å². The van der Waals surface area contributed by atoms with Crippen molar-refractivity contribution in [2.45, 2.75) is 6.92 Å². The average Bonchev–Trinajstić information content (AvgIpc) is 2.52. The number of anilines is 4. The van der Waals surface area contributed by atoms with E-state index in [1.807, 2.05) is 37.3 Å². The Bertz CT molecular complexity index is 635. The summed E-state index contributed by atoms with van der Waals surface area (Å²) >= 11 is 0. The van der Waals surface area contributed by atoms with Crippen LogP contribution in [0.1, 0.15) is 5.56 Å². The molecule has 1 aromatic heterocycles. The molecule has 6 heteroatoms. The van der Waals surface area contributed by atoms with E-state index in [0.29, 0.717) is 5.95 Å². The number of nitrogen functional groups attached to an aromatic ring is 1. The van der Waals surface area contributed by atoms with Gasteiger partial charge >= 0.3 is 0 Å². The Hall–Kier alpha value is -2.34. The highest BCUT2D eigenvalue weighted by Crippen LogP contribution is 2.27. The summed E-state index contributed by atoms with van der Waals surface area (Å²) < 4.78 is 0. The van der Waals surface area contributed by atoms with E-state index >= 15 is 0 Å². The molecule has 1 saturated heterocycles. The molecule has 2 heterocycles. The Morgan fingerprint density at radius 1 is 1.05 bits per heavy atom. The first kappa shape index (κ1) is 14.6. The van der Waals surface area contributed by atoms with Crippen molar-refractivity contribution in [1.29, 1.82) is 0 Å². The molecule has 22 heavy (non-hydrogen) atoms. The number of nitrogens with two attached hydrogens (primary N) is 1. The molecule has 6 nitrogen and oxygen atoms in total. The van der Waals surface area contributed by atoms with E-state index in [0.717, 1.165) is 49.1 Å². The molecule has 0 spiro atoms. The molecule has 0 saturated carbocycles. The number of aromatic nitrogens is 2. The van der Waals surface area contributed by atoms with Crippen LogP contribution in [0.15, 0.2) is 30.3 Å². The molecule has 1 aliphatic heterocycles. The zero-order chi connectivity index (χ0) is 15.5. The van der Waals surface area contributed by atoms with Crippen molar-refractivity contribution in [2.24, 2.45) is 0 Å². The van der Waals surface area contributed by atoms with Crippen LogP contribution in [0.5, 0.6) is 0 Å². The molecular weight excluding hydrogens is 276 g/mol. The highest BCUT2D eigenvalue weighted by Gasteiger charge is 2.20. The Morgan fingerprint density at radius 3 is 2.41 bits per heavy atom. The van der Waals surface area contributed by atoms with Gasteiger partial charge in [-0.2, -0.15) is 9.97 Å². The van der Waals surface area contributed by atoms with Crippen molar-refractivity contribution < 1.29 is 0 Å². The number of nitrogens with zero attached hydrogens (tertiary/aromatic N) is 4. The maximum absolute atomic E-state index is 5.92. The topological polar surface area (TPSA) is 70.3 Å². The van der Waals surface area contributed by atoms with Crippen molar-refractivity contribution in [1.82, 2.24) is 14.9 Å². The standard InChI is InChI=1S/C16H22N6/c1-12-14(18-13-6-4-3-5-7-13)19-16(17)20-15(12)22-10-8-21(2)9-11-22/h3-7H,8-11H2,1-2H3,(H3,17,18,19,20). The van der Waals surface area contributed by atoms with Crippen molar-refractivity contribution in [3.8, 4) is 0 Å². The molecule has 1 aliphatic rings. The number of para-hydroxylation sites is 1. The molecule has 116 valence electrons. The lowest BCUT2D eigenvalue weighted by atomic mass is 10.2. The van der Waals surface area contributed by atoms with Gasteiger partial charge in [-0.1, -0.05) is 18.2 Å². The number of likely N-dealkylation sites (N-methyl/N-ethyl adjacent to an activating group) is 1. The van der Waals surface area contributed by atoms with Crippen molar-refractivity contribution >= 4 is 23.3 Å². The molecule has 1 fully saturated rings. The summed E-state index contributed by atoms with van der Waals surface area (Å²) in [6, 6.07) is 9.98. The molecule has 0 amide bonds. The average molecular weight is 298 g/mol. The van der Waals surface area contributed by atoms with Crippen molar-refractivity contribution in [2.75, 3.05) is 49.2 Å². The number of hydrogen-bond acceptors (Lipinski definition) is 6. The number of hydrogen-bond donors (Lipinski definition) is 2. The maximum Gasteiger partial charge on any atom is 0.223 e. The van der Waals surface area contributed by atoms with Crippen LogP contribution in [0.25, 0.3) is 0 Å². The second-order valence-corrected chi connectivity index (χ2v) is 5.66. The first-order valence-electron chi connectivity index (χ1n) is 7.53. The molecule has 3 rings (SSSR count). The second-order valence-electron chi connectivity index (χ2n) is 5.66. The number of nitrogens with one attached hydrogen (secondary N) is 1. The highest BCUT2D eigenvalue weighted by atomic mass is 15.3. The summed E-state index contributed by atoms with van der Waals surface area (Å²) in [6.07, 6.45) is 0. The quantitative estimate of drug-likeness (QED) is 0.901. The van der Waals surface area contributed by atoms with Gasteiger partial charge < -0.3 is 20.9 Å². The van der Waals surface area contributed by atoms with Crippen molar-refractivity contribution in [3.63, 3.8) is 0 Å². The minimum atomic E-state index is 0.304. The lowest BCUT2D eigenvalue weighted by Gasteiger charge is -2.34. The Kier molecular flexibility index (Phi) is 4.11. The molecule has 0 bridgehead atoms. The van der Waals surface area contributed by atoms with Gasteiger partial charge in [0.05, 0.1) is 0 Å². The van der Waals surface area contributed by atoms with Crippen LogP contribution in [-0.2, 0) is 0 Å². The smallest absolute Gasteiger partial charge is 0.223 e. The lowest BCUT2D eigenvalue weighted by molar-refractivity contribution is 0.312. The molecule has 0 aliphatic carbocycles. The number of piperazine rings is 1. The van der Waals surface area contributed by atoms with Crippen LogP contribution in [0.2, 0.25) is 0 Å². The molecule has 0 atom stereocenters. The SMILES string of the molecule is Cc1c(Nc2ccccc2)nc(N)nc1N1CCN(C)CC1. The van der Waals surface area contributed by atoms with E-state index in [1.165, 1.54) is 0 Å². The van der Waals surface area contributed by atoms with E-state index in [1.54, 1.807) is 0 Å². The Morgan fingerprint density at radius 2 is 1.73 bits per heavy atom. The predicted molar refractivity (Wildman–Crippen MR) is 90.6 cm³/mol. The monoisotopic (exact) mass is 298 g/mol. The molecular formula is C16H22N6. The number of rotatable bonds is 3. The maximum atomic E-state index is 5.92. The molecule has 0 radical (unpaired) electrons. The molecule has 1 aromatic carbocycles. The van der Waals surface area contributed by atoms with Crippen LogP contribution < -0.4 is 16.0 Å². The fraction of sp³-hybridized carbons (Fsp3) is 0.375. The first-order chi connectivity index (χ1) is 10.6. The summed E-state index contributed by atoms with van der Waals surface area (Å²) in [7, 11) is 2.14. The van der Waals surface area contributed by atoms with E-state index in [-0.39, 0.29) is 0 Å². The van der Waals surface area contributed by atoms with Crippen LogP contribution in [0.3, 0.4) is 0 Å². The third kappa shape index (κ3) is 3.12. The number of benzene rings is 1. The third-order valence-corrected chi connectivity index (χ3v) is 3.98. The molecule has 3 N–H and O–H groups in total. The van der Waals surface area contributed by atoms with Gasteiger partial charge in [-0.15, -0.1) is 0 Å². The third-order valence-electron chi connectivity index (χ3n) is 3.98. The normalized spacial score (nSPS) is 15.8. The van der Waals surface area contributed by atoms with Gasteiger partial charge in [-0.25, -0.2) is 0 Å². The minimum absolute atomic E-state index is 0.304. The van der Waals surface area contributed by atoms with Crippen LogP contribution >= 0.6 is 0 Å². The van der Waals surface area contributed by atoms with E-state index < -0.39 is 0 Å². The minimum Gasteiger partial charge on any atom is -0.368 e. The van der Waals surface area contributed by atoms with Crippen LogP contribution in [0.4, 0.5) is 23.3 Å². The largest absolute Gasteiger partial charge is 0.368 e. The van der Waals surface area contributed by atoms with E-state index in [2.05, 4.69) is 32.1 Å². The van der Waals surface area contributed by atoms with Gasteiger partial charge in [0.25, 0.3) is 0 Å². The fourth-order valence-electron chi connectivity index (χ4n) is 2.63. The van der Waals surface area contributed by atoms with Crippen LogP contribution in [-0.4, -0.2) is 48.1 Å². The van der Waals surface area contributed by atoms with E-state index in [9.17, 15) is 0 Å². The molecule has 0 unspecified atom stereocenters. The van der Waals surface area contributed by atoms with Gasteiger partial charge in [0, 0.05) is 37.4 Å². The Balaban J connectivity index is 1.88. The zero-order valence-electron chi connectivity index (χ0n) is 13.1. The summed E-state index contributed by atoms with van der Waals surface area (Å²) in [5, 5.41) is 3.33. The lowest BCUT2D eigenvalue weighted by Crippen LogP contribution is -2.45. The summed E-state index contributed by atoms with van der Waals surface area (Å²) in [5.74, 6) is 2.00. The first-order valence-corrected chi connectivity index (χ1v) is 7.53. The second kappa shape index (κ2) is 6.19. The Labute approximate surface area is 131 Å². The summed E-state index contributed by atoms with van der Waals surface area (Å²) in [5.41, 5.74) is 7.94. The highest BCUT2D eigenvalue weighted by molar-refractivity contribution is 5.66. The summed E-state index contributed by atoms with van der Waals surface area (Å²) in [6.45, 7) is 6.02. The van der Waals surface area contributed by atoms with Crippen molar-refractivity contribution in [3.05, 3.63) is 35.9 Å².